The van der Waals surface area contributed by atoms with Gasteiger partial charge in [0.1, 0.15) is 22.2 Å². The van der Waals surface area contributed by atoms with Crippen molar-refractivity contribution in [2.75, 3.05) is 17.1 Å². The summed E-state index contributed by atoms with van der Waals surface area (Å²) >= 11 is 3.35. The minimum Gasteiger partial charge on any atom is -0.495 e. The average molecular weight is 493 g/mol. The Hall–Kier alpha value is -2.78. The van der Waals surface area contributed by atoms with Crippen LogP contribution in [0.3, 0.4) is 0 Å². The summed E-state index contributed by atoms with van der Waals surface area (Å²) in [6, 6.07) is 11.4. The highest BCUT2D eigenvalue weighted by atomic mass is 79.9. The van der Waals surface area contributed by atoms with Crippen LogP contribution >= 0.6 is 15.9 Å². The average Bonchev–Trinajstić information content (AvgIpc) is 3.02. The van der Waals surface area contributed by atoms with Gasteiger partial charge in [0.25, 0.3) is 15.9 Å². The Morgan fingerprint density at radius 3 is 2.43 bits per heavy atom. The molecule has 0 aliphatic rings. The van der Waals surface area contributed by atoms with E-state index in [4.69, 9.17) is 9.15 Å². The quantitative estimate of drug-likeness (QED) is 0.502. The predicted octanol–water partition coefficient (Wildman–Crippen LogP) is 5.03. The SMILES string of the molecule is COc1ccc(NC(=O)c2cc(C)oc2C)cc1S(=O)(=O)Nc1cc(C)ccc1Br. The van der Waals surface area contributed by atoms with Gasteiger partial charge in [-0.25, -0.2) is 8.42 Å². The Labute approximate surface area is 183 Å². The first-order valence-corrected chi connectivity index (χ1v) is 11.2. The lowest BCUT2D eigenvalue weighted by Crippen LogP contribution is -2.16. The highest BCUT2D eigenvalue weighted by molar-refractivity contribution is 9.10. The fourth-order valence-corrected chi connectivity index (χ4v) is 4.68. The molecule has 30 heavy (non-hydrogen) atoms. The number of rotatable bonds is 6. The van der Waals surface area contributed by atoms with Gasteiger partial charge in [-0.15, -0.1) is 0 Å². The van der Waals surface area contributed by atoms with Crippen LogP contribution in [0.1, 0.15) is 27.4 Å². The van der Waals surface area contributed by atoms with Crippen LogP contribution in [0.25, 0.3) is 0 Å². The molecule has 0 aliphatic carbocycles. The molecule has 0 radical (unpaired) electrons. The maximum absolute atomic E-state index is 13.1. The molecule has 0 saturated heterocycles. The van der Waals surface area contributed by atoms with Gasteiger partial charge >= 0.3 is 0 Å². The second-order valence-corrected chi connectivity index (χ2v) is 9.24. The Kier molecular flexibility index (Phi) is 6.23. The van der Waals surface area contributed by atoms with Crippen LogP contribution < -0.4 is 14.8 Å². The smallest absolute Gasteiger partial charge is 0.265 e. The molecule has 3 aromatic rings. The van der Waals surface area contributed by atoms with Crippen molar-refractivity contribution in [1.82, 2.24) is 0 Å². The molecule has 7 nitrogen and oxygen atoms in total. The van der Waals surface area contributed by atoms with Gasteiger partial charge in [-0.2, -0.15) is 0 Å². The summed E-state index contributed by atoms with van der Waals surface area (Å²) in [5.74, 6) is 0.854. The van der Waals surface area contributed by atoms with Crippen molar-refractivity contribution in [3.8, 4) is 5.75 Å². The van der Waals surface area contributed by atoms with E-state index < -0.39 is 15.9 Å². The number of carbonyl (C=O) groups is 1. The Bertz CT molecular complexity index is 1220. The van der Waals surface area contributed by atoms with E-state index in [9.17, 15) is 13.2 Å². The number of carbonyl (C=O) groups excluding carboxylic acids is 1. The molecule has 0 aliphatic heterocycles. The van der Waals surface area contributed by atoms with Crippen LogP contribution in [0.5, 0.6) is 5.75 Å². The van der Waals surface area contributed by atoms with Crippen LogP contribution in [0, 0.1) is 20.8 Å². The van der Waals surface area contributed by atoms with Crippen molar-refractivity contribution < 1.29 is 22.4 Å². The topological polar surface area (TPSA) is 97.6 Å². The number of sulfonamides is 1. The third-order valence-corrected chi connectivity index (χ3v) is 6.44. The molecule has 3 rings (SSSR count). The van der Waals surface area contributed by atoms with Gasteiger partial charge in [0.2, 0.25) is 0 Å². The van der Waals surface area contributed by atoms with E-state index in [1.807, 2.05) is 13.0 Å². The molecule has 0 unspecified atom stereocenters. The van der Waals surface area contributed by atoms with E-state index in [0.717, 1.165) is 5.56 Å². The molecule has 1 aromatic heterocycles. The summed E-state index contributed by atoms with van der Waals surface area (Å²) in [6.45, 7) is 5.30. The number of furan rings is 1. The molecule has 1 heterocycles. The van der Waals surface area contributed by atoms with Gasteiger partial charge in [-0.05, 0) is 78.7 Å². The third-order valence-electron chi connectivity index (χ3n) is 4.36. The van der Waals surface area contributed by atoms with Crippen molar-refractivity contribution in [2.45, 2.75) is 25.7 Å². The molecule has 2 aromatic carbocycles. The van der Waals surface area contributed by atoms with Gasteiger partial charge in [0.05, 0.1) is 18.4 Å². The Morgan fingerprint density at radius 1 is 1.07 bits per heavy atom. The lowest BCUT2D eigenvalue weighted by Gasteiger charge is -2.15. The molecule has 9 heteroatoms. The highest BCUT2D eigenvalue weighted by Crippen LogP contribution is 2.31. The second-order valence-electron chi connectivity index (χ2n) is 6.74. The van der Waals surface area contributed by atoms with Crippen molar-refractivity contribution in [1.29, 1.82) is 0 Å². The first-order chi connectivity index (χ1) is 14.1. The molecule has 0 fully saturated rings. The van der Waals surface area contributed by atoms with Gasteiger partial charge < -0.3 is 14.5 Å². The van der Waals surface area contributed by atoms with Gasteiger partial charge in [-0.1, -0.05) is 6.07 Å². The first-order valence-electron chi connectivity index (χ1n) is 8.96. The number of hydrogen-bond donors (Lipinski definition) is 2. The van der Waals surface area contributed by atoms with E-state index in [1.54, 1.807) is 38.1 Å². The summed E-state index contributed by atoms with van der Waals surface area (Å²) in [5.41, 5.74) is 1.99. The minimum absolute atomic E-state index is 0.101. The number of halogens is 1. The zero-order valence-corrected chi connectivity index (χ0v) is 19.3. The monoisotopic (exact) mass is 492 g/mol. The van der Waals surface area contributed by atoms with E-state index in [1.165, 1.54) is 19.2 Å². The van der Waals surface area contributed by atoms with E-state index in [-0.39, 0.29) is 10.6 Å². The summed E-state index contributed by atoms with van der Waals surface area (Å²) in [7, 11) is -2.62. The minimum atomic E-state index is -4.00. The summed E-state index contributed by atoms with van der Waals surface area (Å²) in [5, 5.41) is 2.70. The van der Waals surface area contributed by atoms with Crippen molar-refractivity contribution >= 4 is 43.2 Å². The van der Waals surface area contributed by atoms with Crippen LogP contribution in [-0.2, 0) is 10.0 Å². The van der Waals surface area contributed by atoms with Crippen LogP contribution in [0.4, 0.5) is 11.4 Å². The van der Waals surface area contributed by atoms with Crippen LogP contribution in [-0.4, -0.2) is 21.4 Å². The number of ether oxygens (including phenoxy) is 1. The molecule has 0 saturated carbocycles. The summed E-state index contributed by atoms with van der Waals surface area (Å²) < 4.78 is 39.9. The molecule has 0 spiro atoms. The number of benzene rings is 2. The van der Waals surface area contributed by atoms with Crippen LogP contribution in [0.2, 0.25) is 0 Å². The largest absolute Gasteiger partial charge is 0.495 e. The van der Waals surface area contributed by atoms with E-state index in [0.29, 0.717) is 32.9 Å². The molecular formula is C21H21BrN2O5S. The molecule has 0 bridgehead atoms. The normalized spacial score (nSPS) is 11.2. The second kappa shape index (κ2) is 8.53. The first kappa shape index (κ1) is 21.9. The molecule has 158 valence electrons. The van der Waals surface area contributed by atoms with Gasteiger partial charge in [0.15, 0.2) is 0 Å². The highest BCUT2D eigenvalue weighted by Gasteiger charge is 2.22. The zero-order chi connectivity index (χ0) is 22.1. The fraction of sp³-hybridized carbons (Fsp3) is 0.190. The lowest BCUT2D eigenvalue weighted by atomic mass is 10.2. The van der Waals surface area contributed by atoms with Gasteiger partial charge in [-0.3, -0.25) is 9.52 Å². The van der Waals surface area contributed by atoms with Crippen molar-refractivity contribution in [2.24, 2.45) is 0 Å². The molecule has 2 N–H and O–H groups in total. The Balaban J connectivity index is 1.95. The number of amides is 1. The molecule has 1 amide bonds. The standard InChI is InChI=1S/C21H21BrN2O5S/c1-12-5-7-17(22)18(9-12)24-30(26,27)20-11-15(6-8-19(20)28-4)23-21(25)16-10-13(2)29-14(16)3/h5-11,24H,1-4H3,(H,23,25). The molecule has 0 atom stereocenters. The number of aryl methyl sites for hydroxylation is 3. The molecular weight excluding hydrogens is 472 g/mol. The Morgan fingerprint density at radius 2 is 1.80 bits per heavy atom. The summed E-state index contributed by atoms with van der Waals surface area (Å²) in [6.07, 6.45) is 0. The van der Waals surface area contributed by atoms with Crippen molar-refractivity contribution in [3.05, 3.63) is 69.6 Å². The predicted molar refractivity (Wildman–Crippen MR) is 119 cm³/mol. The number of anilines is 2. The van der Waals surface area contributed by atoms with E-state index >= 15 is 0 Å². The lowest BCUT2D eigenvalue weighted by molar-refractivity contribution is 0.102. The summed E-state index contributed by atoms with van der Waals surface area (Å²) in [4.78, 5) is 12.5. The van der Waals surface area contributed by atoms with E-state index in [2.05, 4.69) is 26.0 Å². The van der Waals surface area contributed by atoms with Crippen LogP contribution in [0.15, 0.2) is 56.2 Å². The zero-order valence-electron chi connectivity index (χ0n) is 16.9. The number of methoxy groups -OCH3 is 1. The van der Waals surface area contributed by atoms with Gasteiger partial charge in [0, 0.05) is 10.2 Å². The fourth-order valence-electron chi connectivity index (χ4n) is 2.94. The number of hydrogen-bond acceptors (Lipinski definition) is 5. The van der Waals surface area contributed by atoms with Crippen molar-refractivity contribution in [3.63, 3.8) is 0 Å². The maximum atomic E-state index is 13.1. The maximum Gasteiger partial charge on any atom is 0.265 e. The number of nitrogens with one attached hydrogen (secondary N) is 2. The third kappa shape index (κ3) is 4.68.